The van der Waals surface area contributed by atoms with Gasteiger partial charge < -0.3 is 19.3 Å². The molecular formula is C24H42N2O3. The van der Waals surface area contributed by atoms with E-state index >= 15 is 0 Å². The van der Waals surface area contributed by atoms with E-state index in [1.807, 2.05) is 0 Å². The lowest BCUT2D eigenvalue weighted by Gasteiger charge is -2.46. The van der Waals surface area contributed by atoms with Crippen molar-refractivity contribution < 1.29 is 14.3 Å². The number of hydrogen-bond acceptors (Lipinski definition) is 4. The molecule has 1 atom stereocenters. The minimum absolute atomic E-state index is 0.0304. The van der Waals surface area contributed by atoms with Gasteiger partial charge in [-0.3, -0.25) is 4.79 Å². The molecule has 4 aliphatic rings. The highest BCUT2D eigenvalue weighted by Gasteiger charge is 2.41. The fraction of sp³-hybridized carbons (Fsp3) is 0.958. The van der Waals surface area contributed by atoms with Crippen molar-refractivity contribution in [3.05, 3.63) is 0 Å². The second-order valence-electron chi connectivity index (χ2n) is 10.2. The Hall–Kier alpha value is -0.650. The Kier molecular flexibility index (Phi) is 7.52. The Morgan fingerprint density at radius 3 is 2.45 bits per heavy atom. The molecule has 3 heterocycles. The molecule has 0 aromatic rings. The zero-order chi connectivity index (χ0) is 20.1. The first-order chi connectivity index (χ1) is 14.2. The van der Waals surface area contributed by atoms with E-state index in [0.29, 0.717) is 11.8 Å². The van der Waals surface area contributed by atoms with Crippen LogP contribution in [0.4, 0.5) is 0 Å². The molecule has 3 saturated heterocycles. The summed E-state index contributed by atoms with van der Waals surface area (Å²) in [5.74, 6) is 2.56. The number of carbonyl (C=O) groups excluding carboxylic acids is 1. The number of amides is 1. The number of nitrogens with zero attached hydrogens (tertiary/aromatic N) is 2. The second-order valence-corrected chi connectivity index (χ2v) is 10.2. The van der Waals surface area contributed by atoms with Crippen LogP contribution in [0.1, 0.15) is 71.1 Å². The Morgan fingerprint density at radius 2 is 1.76 bits per heavy atom. The van der Waals surface area contributed by atoms with Crippen molar-refractivity contribution >= 4 is 5.91 Å². The highest BCUT2D eigenvalue weighted by molar-refractivity contribution is 5.76. The normalized spacial score (nSPS) is 28.7. The predicted molar refractivity (Wildman–Crippen MR) is 115 cm³/mol. The van der Waals surface area contributed by atoms with Gasteiger partial charge in [-0.2, -0.15) is 0 Å². The average Bonchev–Trinajstić information content (AvgIpc) is 3.57. The summed E-state index contributed by atoms with van der Waals surface area (Å²) in [4.78, 5) is 17.5. The summed E-state index contributed by atoms with van der Waals surface area (Å²) in [7, 11) is 0. The van der Waals surface area contributed by atoms with E-state index in [0.717, 1.165) is 90.1 Å². The standard InChI is InChI=1S/C24H42N2O3/c1-2-25-11-5-20(6-12-25)17-23(27)26-13-9-24(10-14-26)18-21(8-16-29-24)7-15-28-19-22-3-4-22/h20-22H,2-19H2,1H3. The first-order valence-electron chi connectivity index (χ1n) is 12.4. The van der Waals surface area contributed by atoms with E-state index < -0.39 is 0 Å². The summed E-state index contributed by atoms with van der Waals surface area (Å²) in [5.41, 5.74) is 0.0304. The van der Waals surface area contributed by atoms with Crippen molar-refractivity contribution in [2.24, 2.45) is 17.8 Å². The van der Waals surface area contributed by atoms with Crippen molar-refractivity contribution in [2.45, 2.75) is 76.7 Å². The van der Waals surface area contributed by atoms with Gasteiger partial charge in [0.25, 0.3) is 0 Å². The topological polar surface area (TPSA) is 42.0 Å². The lowest BCUT2D eigenvalue weighted by Crippen LogP contribution is -2.51. The molecule has 1 aliphatic carbocycles. The lowest BCUT2D eigenvalue weighted by atomic mass is 9.78. The van der Waals surface area contributed by atoms with Gasteiger partial charge in [-0.1, -0.05) is 6.92 Å². The van der Waals surface area contributed by atoms with Crippen LogP contribution in [-0.2, 0) is 14.3 Å². The summed E-state index contributed by atoms with van der Waals surface area (Å²) in [6, 6.07) is 0. The zero-order valence-corrected chi connectivity index (χ0v) is 18.6. The minimum Gasteiger partial charge on any atom is -0.381 e. The quantitative estimate of drug-likeness (QED) is 0.576. The Morgan fingerprint density at radius 1 is 1.00 bits per heavy atom. The second kappa shape index (κ2) is 10.1. The van der Waals surface area contributed by atoms with Gasteiger partial charge in [-0.15, -0.1) is 0 Å². The molecule has 5 heteroatoms. The first-order valence-corrected chi connectivity index (χ1v) is 12.4. The summed E-state index contributed by atoms with van der Waals surface area (Å²) in [6.45, 7) is 10.2. The third kappa shape index (κ3) is 6.18. The maximum absolute atomic E-state index is 12.8. The highest BCUT2D eigenvalue weighted by atomic mass is 16.5. The Balaban J connectivity index is 1.16. The SMILES string of the molecule is CCN1CCC(CC(=O)N2CCC3(CC2)CC(CCOCC2CC2)CCO3)CC1. The Bertz CT molecular complexity index is 520. The molecule has 0 aromatic carbocycles. The minimum atomic E-state index is 0.0304. The van der Waals surface area contributed by atoms with Crippen LogP contribution < -0.4 is 0 Å². The fourth-order valence-electron chi connectivity index (χ4n) is 5.56. The molecular weight excluding hydrogens is 364 g/mol. The highest BCUT2D eigenvalue weighted by Crippen LogP contribution is 2.39. The molecule has 1 amide bonds. The van der Waals surface area contributed by atoms with Gasteiger partial charge in [0.05, 0.1) is 5.60 Å². The predicted octanol–water partition coefficient (Wildman–Crippen LogP) is 3.71. The third-order valence-electron chi connectivity index (χ3n) is 7.96. The van der Waals surface area contributed by atoms with Crippen molar-refractivity contribution in [3.8, 4) is 0 Å². The molecule has 29 heavy (non-hydrogen) atoms. The van der Waals surface area contributed by atoms with Gasteiger partial charge in [-0.25, -0.2) is 0 Å². The van der Waals surface area contributed by atoms with Crippen LogP contribution in [-0.4, -0.2) is 73.9 Å². The molecule has 0 bridgehead atoms. The maximum atomic E-state index is 12.8. The molecule has 0 aromatic heterocycles. The maximum Gasteiger partial charge on any atom is 0.222 e. The van der Waals surface area contributed by atoms with Crippen LogP contribution in [0.5, 0.6) is 0 Å². The zero-order valence-electron chi connectivity index (χ0n) is 18.6. The molecule has 1 saturated carbocycles. The fourth-order valence-corrected chi connectivity index (χ4v) is 5.56. The number of carbonyl (C=O) groups is 1. The molecule has 0 radical (unpaired) electrons. The van der Waals surface area contributed by atoms with Crippen LogP contribution in [0.15, 0.2) is 0 Å². The van der Waals surface area contributed by atoms with E-state index in [2.05, 4.69) is 16.7 Å². The molecule has 5 nitrogen and oxygen atoms in total. The molecule has 3 aliphatic heterocycles. The van der Waals surface area contributed by atoms with Gasteiger partial charge in [-0.05, 0) is 95.2 Å². The molecule has 4 rings (SSSR count). The number of rotatable bonds is 8. The number of likely N-dealkylation sites (tertiary alicyclic amines) is 2. The molecule has 1 unspecified atom stereocenters. The molecule has 4 fully saturated rings. The van der Waals surface area contributed by atoms with E-state index in [1.54, 1.807) is 0 Å². The van der Waals surface area contributed by atoms with Gasteiger partial charge in [0, 0.05) is 39.3 Å². The largest absolute Gasteiger partial charge is 0.381 e. The van der Waals surface area contributed by atoms with E-state index in [9.17, 15) is 4.79 Å². The summed E-state index contributed by atoms with van der Waals surface area (Å²) < 4.78 is 12.2. The number of piperidine rings is 2. The van der Waals surface area contributed by atoms with Crippen LogP contribution in [0, 0.1) is 17.8 Å². The van der Waals surface area contributed by atoms with E-state index in [-0.39, 0.29) is 5.60 Å². The van der Waals surface area contributed by atoms with Crippen molar-refractivity contribution in [1.82, 2.24) is 9.80 Å². The van der Waals surface area contributed by atoms with Crippen molar-refractivity contribution in [3.63, 3.8) is 0 Å². The van der Waals surface area contributed by atoms with Gasteiger partial charge in [0.2, 0.25) is 5.91 Å². The first kappa shape index (κ1) is 21.6. The smallest absolute Gasteiger partial charge is 0.222 e. The summed E-state index contributed by atoms with van der Waals surface area (Å²) >= 11 is 0. The monoisotopic (exact) mass is 406 g/mol. The van der Waals surface area contributed by atoms with Crippen LogP contribution in [0.2, 0.25) is 0 Å². The summed E-state index contributed by atoms with van der Waals surface area (Å²) in [5, 5.41) is 0. The van der Waals surface area contributed by atoms with Gasteiger partial charge in [0.15, 0.2) is 0 Å². The van der Waals surface area contributed by atoms with Crippen molar-refractivity contribution in [2.75, 3.05) is 52.5 Å². The van der Waals surface area contributed by atoms with Crippen LogP contribution in [0.3, 0.4) is 0 Å². The molecule has 166 valence electrons. The molecule has 1 spiro atoms. The van der Waals surface area contributed by atoms with Crippen molar-refractivity contribution in [1.29, 1.82) is 0 Å². The average molecular weight is 407 g/mol. The lowest BCUT2D eigenvalue weighted by molar-refractivity contribution is -0.149. The molecule has 0 N–H and O–H groups in total. The number of ether oxygens (including phenoxy) is 2. The number of hydrogen-bond donors (Lipinski definition) is 0. The Labute approximate surface area is 177 Å². The van der Waals surface area contributed by atoms with Crippen LogP contribution >= 0.6 is 0 Å². The van der Waals surface area contributed by atoms with Gasteiger partial charge in [0.1, 0.15) is 0 Å². The van der Waals surface area contributed by atoms with E-state index in [4.69, 9.17) is 9.47 Å². The van der Waals surface area contributed by atoms with Crippen LogP contribution in [0.25, 0.3) is 0 Å². The summed E-state index contributed by atoms with van der Waals surface area (Å²) in [6.07, 6.45) is 11.4. The third-order valence-corrected chi connectivity index (χ3v) is 7.96. The van der Waals surface area contributed by atoms with Gasteiger partial charge >= 0.3 is 0 Å². The van der Waals surface area contributed by atoms with E-state index in [1.165, 1.54) is 38.5 Å².